The number of hydrogen-bond donors (Lipinski definition) is 2. The number of pyridine rings is 1. The first kappa shape index (κ1) is 20.2. The molecule has 0 radical (unpaired) electrons. The van der Waals surface area contributed by atoms with E-state index in [-0.39, 0.29) is 17.6 Å². The molecule has 3 rings (SSSR count). The summed E-state index contributed by atoms with van der Waals surface area (Å²) in [7, 11) is 1.81. The molecular formula is C21H26N7O+. The van der Waals surface area contributed by atoms with Gasteiger partial charge in [-0.2, -0.15) is 5.10 Å². The molecule has 0 amide bonds. The zero-order valence-corrected chi connectivity index (χ0v) is 17.0. The van der Waals surface area contributed by atoms with Crippen LogP contribution in [0, 0.1) is 11.3 Å². The van der Waals surface area contributed by atoms with Gasteiger partial charge in [-0.1, -0.05) is 19.9 Å². The summed E-state index contributed by atoms with van der Waals surface area (Å²) in [5, 5.41) is 21.2. The second-order valence-electron chi connectivity index (χ2n) is 7.49. The van der Waals surface area contributed by atoms with Gasteiger partial charge in [0.1, 0.15) is 5.56 Å². The molecule has 150 valence electrons. The lowest BCUT2D eigenvalue weighted by atomic mass is 9.70. The van der Waals surface area contributed by atoms with Gasteiger partial charge < -0.3 is 16.2 Å². The van der Waals surface area contributed by atoms with Crippen LogP contribution in [0.1, 0.15) is 31.9 Å². The maximum absolute atomic E-state index is 8.75. The molecule has 8 nitrogen and oxygen atoms in total. The number of nitrogens with one attached hydrogen (secondary N) is 1. The minimum absolute atomic E-state index is 0.125. The first-order valence-electron chi connectivity index (χ1n) is 9.27. The van der Waals surface area contributed by atoms with Crippen molar-refractivity contribution in [3.05, 3.63) is 60.3 Å². The Morgan fingerprint density at radius 3 is 2.38 bits per heavy atom. The van der Waals surface area contributed by atoms with Gasteiger partial charge in [0.2, 0.25) is 5.95 Å². The van der Waals surface area contributed by atoms with Crippen molar-refractivity contribution in [3.8, 4) is 11.3 Å². The van der Waals surface area contributed by atoms with Crippen LogP contribution < -0.4 is 5.73 Å². The van der Waals surface area contributed by atoms with Crippen LogP contribution >= 0.6 is 0 Å². The van der Waals surface area contributed by atoms with E-state index in [0.717, 1.165) is 16.8 Å². The van der Waals surface area contributed by atoms with E-state index in [1.54, 1.807) is 48.8 Å². The van der Waals surface area contributed by atoms with Crippen LogP contribution in [0.15, 0.2) is 49.2 Å². The highest BCUT2D eigenvalue weighted by molar-refractivity contribution is 6.04. The van der Waals surface area contributed by atoms with Gasteiger partial charge >= 0.3 is 0 Å². The van der Waals surface area contributed by atoms with E-state index < -0.39 is 5.41 Å². The van der Waals surface area contributed by atoms with Crippen LogP contribution in [0.25, 0.3) is 17.0 Å². The molecule has 1 atom stereocenters. The normalized spacial score (nSPS) is 14.0. The zero-order chi connectivity index (χ0) is 21.2. The van der Waals surface area contributed by atoms with Gasteiger partial charge in [0.05, 0.1) is 23.7 Å². The van der Waals surface area contributed by atoms with Gasteiger partial charge in [0.25, 0.3) is 5.76 Å². The monoisotopic (exact) mass is 392 g/mol. The van der Waals surface area contributed by atoms with Crippen molar-refractivity contribution in [2.75, 3.05) is 5.73 Å². The largest absolute Gasteiger partial charge is 0.593 e. The van der Waals surface area contributed by atoms with Crippen molar-refractivity contribution < 1.29 is 5.11 Å². The number of hydrogen-bond acceptors (Lipinski definition) is 6. The average Bonchev–Trinajstić information content (AvgIpc) is 3.14. The molecule has 3 aromatic rings. The van der Waals surface area contributed by atoms with E-state index in [1.165, 1.54) is 0 Å². The molecule has 0 spiro atoms. The number of aryl methyl sites for hydroxylation is 1. The fourth-order valence-electron chi connectivity index (χ4n) is 3.08. The van der Waals surface area contributed by atoms with Crippen molar-refractivity contribution in [3.63, 3.8) is 0 Å². The van der Waals surface area contributed by atoms with Gasteiger partial charge in [-0.15, -0.1) is 0 Å². The molecule has 0 aliphatic heterocycles. The summed E-state index contributed by atoms with van der Waals surface area (Å²) in [6, 6.07) is 3.86. The fraction of sp³-hybridized carbons (Fsp3) is 0.286. The quantitative estimate of drug-likeness (QED) is 0.378. The molecule has 0 saturated heterocycles. The molecule has 0 fully saturated rings. The van der Waals surface area contributed by atoms with Crippen molar-refractivity contribution >= 4 is 17.4 Å². The third kappa shape index (κ3) is 4.01. The molecule has 0 aromatic carbocycles. The van der Waals surface area contributed by atoms with Gasteiger partial charge in [-0.05, 0) is 24.5 Å². The molecule has 0 bridgehead atoms. The smallest absolute Gasteiger partial charge is 0.266 e. The number of aromatic nitrogens is 5. The Labute approximate surface area is 169 Å². The molecular weight excluding hydrogens is 366 g/mol. The second kappa shape index (κ2) is 7.83. The summed E-state index contributed by atoms with van der Waals surface area (Å²) in [6.07, 6.45) is 10.0. The summed E-state index contributed by atoms with van der Waals surface area (Å²) >= 11 is 0. The molecule has 3 aromatic heterocycles. The molecule has 5 N–H and O–H groups in total. The summed E-state index contributed by atoms with van der Waals surface area (Å²) < 4.78 is 1.65. The Morgan fingerprint density at radius 2 is 1.86 bits per heavy atom. The molecule has 0 aliphatic rings. The summed E-state index contributed by atoms with van der Waals surface area (Å²) in [6.45, 7) is 6.14. The van der Waals surface area contributed by atoms with Crippen LogP contribution in [0.5, 0.6) is 0 Å². The molecule has 0 aliphatic carbocycles. The van der Waals surface area contributed by atoms with E-state index in [2.05, 4.69) is 33.9 Å². The Morgan fingerprint density at radius 1 is 1.17 bits per heavy atom. The Hall–Kier alpha value is -3.55. The predicted octanol–water partition coefficient (Wildman–Crippen LogP) is 2.55. The lowest BCUT2D eigenvalue weighted by molar-refractivity contribution is 0.447. The summed E-state index contributed by atoms with van der Waals surface area (Å²) in [4.78, 5) is 12.6. The van der Waals surface area contributed by atoms with Crippen LogP contribution in [0.3, 0.4) is 0 Å². The van der Waals surface area contributed by atoms with E-state index in [9.17, 15) is 0 Å². The first-order valence-corrected chi connectivity index (χ1v) is 9.27. The van der Waals surface area contributed by atoms with Gasteiger partial charge in [-0.25, -0.2) is 9.97 Å². The van der Waals surface area contributed by atoms with Crippen LogP contribution in [0.2, 0.25) is 0 Å². The number of nitrogens with zero attached hydrogens (tertiary/aromatic N) is 5. The van der Waals surface area contributed by atoms with E-state index in [1.807, 2.05) is 19.1 Å². The lowest BCUT2D eigenvalue weighted by Crippen LogP contribution is -2.36. The highest BCUT2D eigenvalue weighted by Gasteiger charge is 2.35. The second-order valence-corrected chi connectivity index (χ2v) is 7.49. The highest BCUT2D eigenvalue weighted by Crippen LogP contribution is 2.35. The Bertz CT molecular complexity index is 1040. The van der Waals surface area contributed by atoms with E-state index >= 15 is 0 Å². The SMILES string of the molecule is CC(C)[C@](C)(C(=N)/C=C(\[OH2+])c1cnn(C)c1)c1ccc(-c2cnc(N)nc2)nc1. The third-order valence-electron chi connectivity index (χ3n) is 5.35. The third-order valence-corrected chi connectivity index (χ3v) is 5.35. The average molecular weight is 392 g/mol. The molecule has 29 heavy (non-hydrogen) atoms. The van der Waals surface area contributed by atoms with Gasteiger partial charge in [0, 0.05) is 42.8 Å². The van der Waals surface area contributed by atoms with Crippen LogP contribution in [-0.4, -0.2) is 35.6 Å². The number of anilines is 1. The number of nitrogen functional groups attached to an aromatic ring is 1. The maximum Gasteiger partial charge on any atom is 0.266 e. The lowest BCUT2D eigenvalue weighted by Gasteiger charge is -2.33. The first-order chi connectivity index (χ1) is 13.7. The van der Waals surface area contributed by atoms with E-state index in [4.69, 9.17) is 16.2 Å². The standard InChI is InChI=1S/C21H25N7O/c1-13(2)21(3,19(22)7-18(29)15-10-27-28(4)12-15)16-5-6-17(24-11-16)14-8-25-20(23)26-9-14/h5-13,22,29H,1-4H3,(H2,23,25,26)/p+1/b18-7-,22-19?/t21-/m0/s1. The van der Waals surface area contributed by atoms with Crippen molar-refractivity contribution in [1.29, 1.82) is 5.41 Å². The summed E-state index contributed by atoms with van der Waals surface area (Å²) in [5.74, 6) is 0.608. The molecule has 0 saturated carbocycles. The van der Waals surface area contributed by atoms with Crippen LogP contribution in [-0.2, 0) is 12.5 Å². The summed E-state index contributed by atoms with van der Waals surface area (Å²) in [5.41, 5.74) is 8.40. The Kier molecular flexibility index (Phi) is 5.45. The Balaban J connectivity index is 1.93. The molecule has 8 heteroatoms. The van der Waals surface area contributed by atoms with Crippen LogP contribution in [0.4, 0.5) is 5.95 Å². The number of allylic oxidation sites excluding steroid dienone is 1. The maximum atomic E-state index is 8.75. The zero-order valence-electron chi connectivity index (χ0n) is 17.0. The minimum Gasteiger partial charge on any atom is -0.593 e. The van der Waals surface area contributed by atoms with E-state index in [0.29, 0.717) is 11.3 Å². The van der Waals surface area contributed by atoms with Gasteiger partial charge in [0.15, 0.2) is 0 Å². The predicted molar refractivity (Wildman–Crippen MR) is 114 cm³/mol. The highest BCUT2D eigenvalue weighted by atomic mass is 16.3. The number of rotatable bonds is 6. The molecule has 3 heterocycles. The van der Waals surface area contributed by atoms with Gasteiger partial charge in [-0.3, -0.25) is 9.67 Å². The van der Waals surface area contributed by atoms with Crippen molar-refractivity contribution in [1.82, 2.24) is 24.7 Å². The van der Waals surface area contributed by atoms with Crippen molar-refractivity contribution in [2.45, 2.75) is 26.2 Å². The van der Waals surface area contributed by atoms with Crippen molar-refractivity contribution in [2.24, 2.45) is 13.0 Å². The molecule has 0 unspecified atom stereocenters. The topological polar surface area (TPSA) is 129 Å². The minimum atomic E-state index is -0.600. The number of nitrogens with two attached hydrogens (primary N) is 1. The fourth-order valence-corrected chi connectivity index (χ4v) is 3.08.